The van der Waals surface area contributed by atoms with E-state index in [1.807, 2.05) is 54.8 Å². The molecule has 2 aromatic rings. The van der Waals surface area contributed by atoms with Crippen molar-refractivity contribution in [2.45, 2.75) is 54.0 Å². The topological polar surface area (TPSA) is 94.2 Å². The molecule has 1 aliphatic heterocycles. The number of nitrogens with zero attached hydrogens (tertiary/aromatic N) is 4. The predicted octanol–water partition coefficient (Wildman–Crippen LogP) is 2.71. The van der Waals surface area contributed by atoms with E-state index in [9.17, 15) is 9.59 Å². The monoisotopic (exact) mass is 414 g/mol. The SMILES string of the molecule is CC.Cc1cc(C)c(CNC(=O)c2nc(N(C)C)nc(N3CCCC3)c2C)c(=O)[nH]1. The first-order chi connectivity index (χ1) is 14.3. The molecule has 0 aliphatic carbocycles. The molecule has 0 unspecified atom stereocenters. The Morgan fingerprint density at radius 2 is 1.80 bits per heavy atom. The zero-order chi connectivity index (χ0) is 22.4. The van der Waals surface area contributed by atoms with Gasteiger partial charge in [0.15, 0.2) is 0 Å². The predicted molar refractivity (Wildman–Crippen MR) is 122 cm³/mol. The van der Waals surface area contributed by atoms with Crippen molar-refractivity contribution >= 4 is 17.7 Å². The van der Waals surface area contributed by atoms with E-state index >= 15 is 0 Å². The standard InChI is InChI=1S/C20H28N6O2.C2H6/c1-12-10-13(2)22-18(27)15(12)11-21-19(28)16-14(3)17(26-8-6-7-9-26)24-20(23-16)25(4)5;1-2/h10H,6-9,11H2,1-5H3,(H,21,28)(H,22,27);1-2H3. The van der Waals surface area contributed by atoms with Gasteiger partial charge in [0.2, 0.25) is 5.95 Å². The zero-order valence-corrected chi connectivity index (χ0v) is 19.2. The van der Waals surface area contributed by atoms with E-state index in [0.717, 1.165) is 48.6 Å². The molecule has 3 rings (SSSR count). The molecule has 1 saturated heterocycles. The van der Waals surface area contributed by atoms with Gasteiger partial charge in [-0.3, -0.25) is 9.59 Å². The number of rotatable bonds is 5. The normalized spacial score (nSPS) is 13.0. The molecule has 2 N–H and O–H groups in total. The molecular formula is C22H34N6O2. The van der Waals surface area contributed by atoms with Crippen molar-refractivity contribution in [3.05, 3.63) is 44.5 Å². The number of carbonyl (C=O) groups is 1. The number of hydrogen-bond donors (Lipinski definition) is 2. The molecule has 0 saturated carbocycles. The highest BCUT2D eigenvalue weighted by Gasteiger charge is 2.23. The number of H-pyrrole nitrogens is 1. The Hall–Kier alpha value is -2.90. The first-order valence-electron chi connectivity index (χ1n) is 10.6. The van der Waals surface area contributed by atoms with E-state index in [4.69, 9.17) is 0 Å². The molecule has 30 heavy (non-hydrogen) atoms. The Morgan fingerprint density at radius 1 is 1.17 bits per heavy atom. The molecule has 164 valence electrons. The molecule has 0 atom stereocenters. The number of nitrogens with one attached hydrogen (secondary N) is 2. The van der Waals surface area contributed by atoms with Crippen LogP contribution in [-0.2, 0) is 6.54 Å². The van der Waals surface area contributed by atoms with Crippen LogP contribution in [0.4, 0.5) is 11.8 Å². The maximum absolute atomic E-state index is 12.9. The fraction of sp³-hybridized carbons (Fsp3) is 0.545. The number of hydrogen-bond acceptors (Lipinski definition) is 6. The van der Waals surface area contributed by atoms with Gasteiger partial charge in [0.1, 0.15) is 11.5 Å². The summed E-state index contributed by atoms with van der Waals surface area (Å²) in [4.78, 5) is 41.0. The average molecular weight is 415 g/mol. The van der Waals surface area contributed by atoms with Gasteiger partial charge in [-0.05, 0) is 45.2 Å². The lowest BCUT2D eigenvalue weighted by Gasteiger charge is -2.22. The third-order valence-corrected chi connectivity index (χ3v) is 5.05. The van der Waals surface area contributed by atoms with Crippen molar-refractivity contribution in [2.24, 2.45) is 0 Å². The first-order valence-corrected chi connectivity index (χ1v) is 10.6. The van der Waals surface area contributed by atoms with Crippen LogP contribution in [0, 0.1) is 20.8 Å². The summed E-state index contributed by atoms with van der Waals surface area (Å²) < 4.78 is 0. The van der Waals surface area contributed by atoms with Crippen LogP contribution in [0.2, 0.25) is 0 Å². The number of amides is 1. The largest absolute Gasteiger partial charge is 0.356 e. The summed E-state index contributed by atoms with van der Waals surface area (Å²) in [5.41, 5.74) is 3.14. The molecule has 0 aromatic carbocycles. The van der Waals surface area contributed by atoms with Crippen LogP contribution in [0.15, 0.2) is 10.9 Å². The summed E-state index contributed by atoms with van der Waals surface area (Å²) in [6.07, 6.45) is 2.25. The van der Waals surface area contributed by atoms with E-state index in [-0.39, 0.29) is 18.0 Å². The van der Waals surface area contributed by atoms with Gasteiger partial charge in [-0.15, -0.1) is 0 Å². The molecule has 1 fully saturated rings. The summed E-state index contributed by atoms with van der Waals surface area (Å²) in [7, 11) is 3.71. The molecule has 2 aromatic heterocycles. The Bertz CT molecular complexity index is 945. The number of carbonyl (C=O) groups excluding carboxylic acids is 1. The van der Waals surface area contributed by atoms with E-state index in [0.29, 0.717) is 17.2 Å². The lowest BCUT2D eigenvalue weighted by atomic mass is 10.1. The highest BCUT2D eigenvalue weighted by atomic mass is 16.2. The number of aromatic amines is 1. The highest BCUT2D eigenvalue weighted by molar-refractivity contribution is 5.95. The molecule has 3 heterocycles. The van der Waals surface area contributed by atoms with Crippen molar-refractivity contribution in [3.8, 4) is 0 Å². The molecule has 0 spiro atoms. The van der Waals surface area contributed by atoms with Gasteiger partial charge in [0.25, 0.3) is 11.5 Å². The van der Waals surface area contributed by atoms with E-state index in [1.165, 1.54) is 0 Å². The minimum atomic E-state index is -0.303. The molecule has 8 heteroatoms. The van der Waals surface area contributed by atoms with Gasteiger partial charge in [-0.25, -0.2) is 4.98 Å². The van der Waals surface area contributed by atoms with Crippen LogP contribution in [0.3, 0.4) is 0 Å². The van der Waals surface area contributed by atoms with Gasteiger partial charge in [0, 0.05) is 50.6 Å². The summed E-state index contributed by atoms with van der Waals surface area (Å²) in [6, 6.07) is 1.90. The molecule has 0 radical (unpaired) electrons. The van der Waals surface area contributed by atoms with Crippen LogP contribution in [0.25, 0.3) is 0 Å². The summed E-state index contributed by atoms with van der Waals surface area (Å²) in [5, 5.41) is 2.85. The van der Waals surface area contributed by atoms with Crippen molar-refractivity contribution in [1.82, 2.24) is 20.3 Å². The van der Waals surface area contributed by atoms with Crippen molar-refractivity contribution in [3.63, 3.8) is 0 Å². The molecule has 8 nitrogen and oxygen atoms in total. The van der Waals surface area contributed by atoms with Gasteiger partial charge in [0.05, 0.1) is 0 Å². The lowest BCUT2D eigenvalue weighted by molar-refractivity contribution is 0.0945. The van der Waals surface area contributed by atoms with Crippen LogP contribution in [0.1, 0.15) is 59.6 Å². The number of aromatic nitrogens is 3. The second-order valence-electron chi connectivity index (χ2n) is 7.54. The van der Waals surface area contributed by atoms with Crippen LogP contribution >= 0.6 is 0 Å². The maximum Gasteiger partial charge on any atom is 0.270 e. The number of pyridine rings is 1. The number of aryl methyl sites for hydroxylation is 2. The fourth-order valence-electron chi connectivity index (χ4n) is 3.50. The Balaban J connectivity index is 0.00000155. The van der Waals surface area contributed by atoms with E-state index in [2.05, 4.69) is 25.2 Å². The third-order valence-electron chi connectivity index (χ3n) is 5.05. The fourth-order valence-corrected chi connectivity index (χ4v) is 3.50. The van der Waals surface area contributed by atoms with Gasteiger partial charge in [-0.2, -0.15) is 4.98 Å². The average Bonchev–Trinajstić information content (AvgIpc) is 3.23. The van der Waals surface area contributed by atoms with Crippen LogP contribution < -0.4 is 20.7 Å². The summed E-state index contributed by atoms with van der Waals surface area (Å²) in [6.45, 7) is 11.6. The molecule has 1 aliphatic rings. The quantitative estimate of drug-likeness (QED) is 0.781. The van der Waals surface area contributed by atoms with Crippen LogP contribution in [0.5, 0.6) is 0 Å². The number of anilines is 2. The zero-order valence-electron chi connectivity index (χ0n) is 19.2. The van der Waals surface area contributed by atoms with E-state index < -0.39 is 0 Å². The Labute approximate surface area is 178 Å². The van der Waals surface area contributed by atoms with Crippen molar-refractivity contribution < 1.29 is 4.79 Å². The highest BCUT2D eigenvalue weighted by Crippen LogP contribution is 2.26. The van der Waals surface area contributed by atoms with Gasteiger partial charge in [-0.1, -0.05) is 13.8 Å². The summed E-state index contributed by atoms with van der Waals surface area (Å²) >= 11 is 0. The van der Waals surface area contributed by atoms with Gasteiger partial charge >= 0.3 is 0 Å². The van der Waals surface area contributed by atoms with Crippen molar-refractivity contribution in [1.29, 1.82) is 0 Å². The Morgan fingerprint density at radius 3 is 2.37 bits per heavy atom. The minimum Gasteiger partial charge on any atom is -0.356 e. The van der Waals surface area contributed by atoms with Crippen molar-refractivity contribution in [2.75, 3.05) is 37.0 Å². The van der Waals surface area contributed by atoms with E-state index in [1.54, 1.807) is 4.90 Å². The van der Waals surface area contributed by atoms with Gasteiger partial charge < -0.3 is 20.1 Å². The molecule has 1 amide bonds. The summed E-state index contributed by atoms with van der Waals surface area (Å²) in [5.74, 6) is 1.01. The second kappa shape index (κ2) is 10.2. The Kier molecular flexibility index (Phi) is 7.97. The molecule has 0 bridgehead atoms. The second-order valence-corrected chi connectivity index (χ2v) is 7.54. The smallest absolute Gasteiger partial charge is 0.270 e. The van der Waals surface area contributed by atoms with Crippen LogP contribution in [-0.4, -0.2) is 48.0 Å². The third kappa shape index (κ3) is 5.17. The maximum atomic E-state index is 12.9. The first kappa shape index (κ1) is 23.4. The lowest BCUT2D eigenvalue weighted by Crippen LogP contribution is -2.31. The molecular weight excluding hydrogens is 380 g/mol. The minimum absolute atomic E-state index is 0.153.